The summed E-state index contributed by atoms with van der Waals surface area (Å²) in [6.45, 7) is 9.69. The molecule has 2 aromatic rings. The van der Waals surface area contributed by atoms with E-state index in [0.717, 1.165) is 5.69 Å². The van der Waals surface area contributed by atoms with Gasteiger partial charge < -0.3 is 9.84 Å². The zero-order valence-electron chi connectivity index (χ0n) is 13.0. The number of hydrogen-bond donors (Lipinski definition) is 1. The average molecular weight is 288 g/mol. The van der Waals surface area contributed by atoms with E-state index >= 15 is 0 Å². The molecule has 21 heavy (non-hydrogen) atoms. The van der Waals surface area contributed by atoms with Gasteiger partial charge >= 0.3 is 0 Å². The average Bonchev–Trinajstić information content (AvgIpc) is 2.88. The van der Waals surface area contributed by atoms with Gasteiger partial charge in [0.1, 0.15) is 6.04 Å². The second-order valence-corrected chi connectivity index (χ2v) is 6.09. The van der Waals surface area contributed by atoms with Crippen molar-refractivity contribution in [3.05, 3.63) is 41.3 Å². The molecule has 6 heteroatoms. The molecule has 1 atom stereocenters. The molecule has 0 aliphatic rings. The number of aryl methyl sites for hydroxylation is 1. The largest absolute Gasteiger partial charge is 0.340 e. The summed E-state index contributed by atoms with van der Waals surface area (Å²) in [5.41, 5.74) is 1.18. The Morgan fingerprint density at radius 2 is 2.05 bits per heavy atom. The van der Waals surface area contributed by atoms with E-state index in [1.165, 1.54) is 0 Å². The van der Waals surface area contributed by atoms with E-state index in [-0.39, 0.29) is 17.4 Å². The van der Waals surface area contributed by atoms with Crippen LogP contribution in [0.5, 0.6) is 0 Å². The second-order valence-electron chi connectivity index (χ2n) is 6.09. The van der Waals surface area contributed by atoms with Gasteiger partial charge in [0.25, 0.3) is 5.91 Å². The van der Waals surface area contributed by atoms with Crippen molar-refractivity contribution in [2.75, 3.05) is 0 Å². The summed E-state index contributed by atoms with van der Waals surface area (Å²) in [5.74, 6) is 0.800. The maximum atomic E-state index is 12.1. The number of carbonyl (C=O) groups is 1. The molecule has 0 aliphatic carbocycles. The predicted molar refractivity (Wildman–Crippen MR) is 77.9 cm³/mol. The van der Waals surface area contributed by atoms with E-state index in [1.54, 1.807) is 25.3 Å². The highest BCUT2D eigenvalue weighted by atomic mass is 16.5. The molecule has 2 rings (SSSR count). The molecule has 0 unspecified atom stereocenters. The molecule has 2 aromatic heterocycles. The van der Waals surface area contributed by atoms with Crippen LogP contribution in [0.3, 0.4) is 0 Å². The lowest BCUT2D eigenvalue weighted by molar-refractivity contribution is 0.0932. The van der Waals surface area contributed by atoms with Gasteiger partial charge in [-0.1, -0.05) is 25.9 Å². The molecule has 0 saturated heterocycles. The van der Waals surface area contributed by atoms with E-state index in [2.05, 4.69) is 20.4 Å². The van der Waals surface area contributed by atoms with Gasteiger partial charge in [-0.05, 0) is 26.0 Å². The number of nitrogens with one attached hydrogen (secondary N) is 1. The monoisotopic (exact) mass is 288 g/mol. The van der Waals surface area contributed by atoms with E-state index in [0.29, 0.717) is 17.3 Å². The smallest absolute Gasteiger partial charge is 0.253 e. The van der Waals surface area contributed by atoms with Gasteiger partial charge in [-0.2, -0.15) is 4.98 Å². The third-order valence-electron chi connectivity index (χ3n) is 3.00. The van der Waals surface area contributed by atoms with Gasteiger partial charge in [0.2, 0.25) is 5.89 Å². The molecule has 0 fully saturated rings. The highest BCUT2D eigenvalue weighted by Crippen LogP contribution is 2.20. The third-order valence-corrected chi connectivity index (χ3v) is 3.00. The van der Waals surface area contributed by atoms with Crippen LogP contribution in [0.25, 0.3) is 0 Å². The first-order valence-corrected chi connectivity index (χ1v) is 6.85. The van der Waals surface area contributed by atoms with E-state index in [4.69, 9.17) is 4.52 Å². The first-order valence-electron chi connectivity index (χ1n) is 6.85. The number of aromatic nitrogens is 3. The van der Waals surface area contributed by atoms with Gasteiger partial charge in [0.05, 0.1) is 5.56 Å². The van der Waals surface area contributed by atoms with E-state index < -0.39 is 0 Å². The number of nitrogens with zero attached hydrogens (tertiary/aromatic N) is 3. The lowest BCUT2D eigenvalue weighted by Gasteiger charge is -2.12. The fraction of sp³-hybridized carbons (Fsp3) is 0.467. The first-order chi connectivity index (χ1) is 9.77. The van der Waals surface area contributed by atoms with Crippen molar-refractivity contribution in [3.63, 3.8) is 0 Å². The molecule has 0 aliphatic heterocycles. The van der Waals surface area contributed by atoms with Crippen molar-refractivity contribution in [1.82, 2.24) is 20.4 Å². The van der Waals surface area contributed by atoms with Gasteiger partial charge in [0, 0.05) is 17.3 Å². The summed E-state index contributed by atoms with van der Waals surface area (Å²) >= 11 is 0. The van der Waals surface area contributed by atoms with Gasteiger partial charge in [-0.15, -0.1) is 0 Å². The van der Waals surface area contributed by atoms with Gasteiger partial charge in [-0.25, -0.2) is 0 Å². The van der Waals surface area contributed by atoms with Crippen LogP contribution in [0.2, 0.25) is 0 Å². The highest BCUT2D eigenvalue weighted by Gasteiger charge is 2.24. The van der Waals surface area contributed by atoms with Crippen LogP contribution < -0.4 is 5.32 Å². The number of hydrogen-bond acceptors (Lipinski definition) is 5. The Balaban J connectivity index is 2.07. The van der Waals surface area contributed by atoms with Crippen LogP contribution in [-0.4, -0.2) is 21.0 Å². The van der Waals surface area contributed by atoms with Crippen LogP contribution in [0.4, 0.5) is 0 Å². The molecule has 1 amide bonds. The topological polar surface area (TPSA) is 80.9 Å². The molecule has 0 spiro atoms. The molecule has 0 radical (unpaired) electrons. The molecule has 0 saturated carbocycles. The minimum absolute atomic E-state index is 0.188. The molecule has 2 heterocycles. The van der Waals surface area contributed by atoms with Crippen molar-refractivity contribution in [2.45, 2.75) is 46.1 Å². The molecule has 0 aromatic carbocycles. The summed E-state index contributed by atoms with van der Waals surface area (Å²) in [6, 6.07) is 3.17. The van der Waals surface area contributed by atoms with Crippen molar-refractivity contribution in [1.29, 1.82) is 0 Å². The molecule has 112 valence electrons. The SMILES string of the molecule is Cc1ccc(C(=O)N[C@H](C)c2nc(C(C)(C)C)no2)cn1. The fourth-order valence-corrected chi connectivity index (χ4v) is 1.66. The number of carbonyl (C=O) groups excluding carboxylic acids is 1. The Bertz CT molecular complexity index is 626. The molecular formula is C15H20N4O2. The number of pyridine rings is 1. The standard InChI is InChI=1S/C15H20N4O2/c1-9-6-7-11(8-16-9)12(20)17-10(2)13-18-14(19-21-13)15(3,4)5/h6-8,10H,1-5H3,(H,17,20)/t10-/m1/s1. The Labute approximate surface area is 124 Å². The quantitative estimate of drug-likeness (QED) is 0.938. The summed E-state index contributed by atoms with van der Waals surface area (Å²) in [7, 11) is 0. The van der Waals surface area contributed by atoms with Crippen LogP contribution in [0.1, 0.15) is 61.5 Å². The Kier molecular flexibility index (Phi) is 4.06. The highest BCUT2D eigenvalue weighted by molar-refractivity contribution is 5.94. The lowest BCUT2D eigenvalue weighted by Crippen LogP contribution is -2.27. The summed E-state index contributed by atoms with van der Waals surface area (Å²) in [4.78, 5) is 20.5. The minimum Gasteiger partial charge on any atom is -0.340 e. The van der Waals surface area contributed by atoms with E-state index in [9.17, 15) is 4.79 Å². The predicted octanol–water partition coefficient (Wildman–Crippen LogP) is 2.56. The summed E-state index contributed by atoms with van der Waals surface area (Å²) in [6.07, 6.45) is 1.55. The van der Waals surface area contributed by atoms with Crippen LogP contribution in [0.15, 0.2) is 22.9 Å². The zero-order valence-corrected chi connectivity index (χ0v) is 13.0. The third kappa shape index (κ3) is 3.65. The Morgan fingerprint density at radius 1 is 1.33 bits per heavy atom. The second kappa shape index (κ2) is 5.63. The Hall–Kier alpha value is -2.24. The maximum absolute atomic E-state index is 12.1. The summed E-state index contributed by atoms with van der Waals surface area (Å²) in [5, 5.41) is 6.77. The van der Waals surface area contributed by atoms with Crippen molar-refractivity contribution >= 4 is 5.91 Å². The van der Waals surface area contributed by atoms with Gasteiger partial charge in [-0.3, -0.25) is 9.78 Å². The normalized spacial score (nSPS) is 13.0. The van der Waals surface area contributed by atoms with E-state index in [1.807, 2.05) is 27.7 Å². The Morgan fingerprint density at radius 3 is 2.57 bits per heavy atom. The van der Waals surface area contributed by atoms with Crippen LogP contribution >= 0.6 is 0 Å². The number of rotatable bonds is 3. The molecule has 1 N–H and O–H groups in total. The molecule has 6 nitrogen and oxygen atoms in total. The molecular weight excluding hydrogens is 268 g/mol. The fourth-order valence-electron chi connectivity index (χ4n) is 1.66. The maximum Gasteiger partial charge on any atom is 0.253 e. The minimum atomic E-state index is -0.359. The summed E-state index contributed by atoms with van der Waals surface area (Å²) < 4.78 is 5.22. The zero-order chi connectivity index (χ0) is 15.6. The number of amides is 1. The lowest BCUT2D eigenvalue weighted by atomic mass is 9.96. The van der Waals surface area contributed by atoms with Crippen molar-refractivity contribution < 1.29 is 9.32 Å². The van der Waals surface area contributed by atoms with Crippen LogP contribution in [-0.2, 0) is 5.41 Å². The molecule has 0 bridgehead atoms. The van der Waals surface area contributed by atoms with Crippen molar-refractivity contribution in [2.24, 2.45) is 0 Å². The van der Waals surface area contributed by atoms with Crippen LogP contribution in [0, 0.1) is 6.92 Å². The van der Waals surface area contributed by atoms with Gasteiger partial charge in [0.15, 0.2) is 5.82 Å². The van der Waals surface area contributed by atoms with Crippen molar-refractivity contribution in [3.8, 4) is 0 Å². The first kappa shape index (κ1) is 15.2.